The summed E-state index contributed by atoms with van der Waals surface area (Å²) in [5.41, 5.74) is 2.54. The number of hydrogen-bond donors (Lipinski definition) is 0. The zero-order chi connectivity index (χ0) is 15.1. The van der Waals surface area contributed by atoms with Crippen LogP contribution < -0.4 is 0 Å². The van der Waals surface area contributed by atoms with E-state index in [1.54, 1.807) is 0 Å². The van der Waals surface area contributed by atoms with Gasteiger partial charge in [0, 0.05) is 39.6 Å². The number of likely N-dealkylation sites (N-methyl/N-ethyl adjacent to an activating group) is 1. The lowest BCUT2D eigenvalue weighted by atomic mass is 10.0. The number of benzene rings is 1. The van der Waals surface area contributed by atoms with Gasteiger partial charge in [-0.2, -0.15) is 0 Å². The second-order valence-corrected chi connectivity index (χ2v) is 5.70. The van der Waals surface area contributed by atoms with Gasteiger partial charge in [0.1, 0.15) is 0 Å². The highest BCUT2D eigenvalue weighted by Gasteiger charge is 2.13. The molecule has 1 saturated heterocycles. The maximum Gasteiger partial charge on any atom is 0.222 e. The van der Waals surface area contributed by atoms with Crippen molar-refractivity contribution in [3.63, 3.8) is 0 Å². The molecule has 1 amide bonds. The minimum Gasteiger partial charge on any atom is -0.379 e. The fourth-order valence-electron chi connectivity index (χ4n) is 2.56. The van der Waals surface area contributed by atoms with E-state index in [-0.39, 0.29) is 5.91 Å². The Hall–Kier alpha value is -1.39. The Morgan fingerprint density at radius 2 is 2.00 bits per heavy atom. The largest absolute Gasteiger partial charge is 0.379 e. The molecule has 0 N–H and O–H groups in total. The third-order valence-corrected chi connectivity index (χ3v) is 4.15. The Bertz CT molecular complexity index is 456. The van der Waals surface area contributed by atoms with Crippen LogP contribution in [0.15, 0.2) is 24.3 Å². The molecular weight excluding hydrogens is 264 g/mol. The van der Waals surface area contributed by atoms with Gasteiger partial charge in [0.05, 0.1) is 13.2 Å². The summed E-state index contributed by atoms with van der Waals surface area (Å²) in [5, 5.41) is 0. The van der Waals surface area contributed by atoms with Crippen LogP contribution in [0.2, 0.25) is 0 Å². The molecule has 0 spiro atoms. The number of morpholine rings is 1. The fourth-order valence-corrected chi connectivity index (χ4v) is 2.56. The molecule has 1 aliphatic heterocycles. The van der Waals surface area contributed by atoms with Crippen molar-refractivity contribution in [2.45, 2.75) is 19.8 Å². The number of carbonyl (C=O) groups excluding carboxylic acids is 1. The number of carbonyl (C=O) groups is 1. The molecule has 1 aromatic rings. The molecule has 0 aromatic heterocycles. The van der Waals surface area contributed by atoms with Crippen molar-refractivity contribution in [3.05, 3.63) is 35.4 Å². The van der Waals surface area contributed by atoms with Gasteiger partial charge in [-0.3, -0.25) is 9.69 Å². The highest BCUT2D eigenvalue weighted by molar-refractivity contribution is 5.76. The maximum absolute atomic E-state index is 12.2. The average Bonchev–Trinajstić information content (AvgIpc) is 2.52. The van der Waals surface area contributed by atoms with Crippen LogP contribution in [0.5, 0.6) is 0 Å². The SMILES string of the molecule is Cc1ccccc1CCC(=O)N(C)CCN1CCOCC1. The Kier molecular flexibility index (Phi) is 6.21. The Labute approximate surface area is 127 Å². The van der Waals surface area contributed by atoms with Crippen LogP contribution in [0.3, 0.4) is 0 Å². The van der Waals surface area contributed by atoms with Crippen molar-refractivity contribution in [1.82, 2.24) is 9.80 Å². The van der Waals surface area contributed by atoms with Crippen LogP contribution in [-0.4, -0.2) is 62.1 Å². The first-order valence-corrected chi connectivity index (χ1v) is 7.75. The molecule has 2 rings (SSSR count). The lowest BCUT2D eigenvalue weighted by Crippen LogP contribution is -2.41. The average molecular weight is 290 g/mol. The van der Waals surface area contributed by atoms with Gasteiger partial charge >= 0.3 is 0 Å². The van der Waals surface area contributed by atoms with Gasteiger partial charge in [0.2, 0.25) is 5.91 Å². The monoisotopic (exact) mass is 290 g/mol. The first-order chi connectivity index (χ1) is 10.2. The van der Waals surface area contributed by atoms with Gasteiger partial charge < -0.3 is 9.64 Å². The summed E-state index contributed by atoms with van der Waals surface area (Å²) < 4.78 is 5.33. The van der Waals surface area contributed by atoms with Crippen molar-refractivity contribution in [2.75, 3.05) is 46.4 Å². The number of ether oxygens (including phenoxy) is 1. The molecule has 0 radical (unpaired) electrons. The van der Waals surface area contributed by atoms with Crippen LogP contribution in [0.25, 0.3) is 0 Å². The molecule has 1 aromatic carbocycles. The molecule has 0 atom stereocenters. The van der Waals surface area contributed by atoms with Crippen molar-refractivity contribution >= 4 is 5.91 Å². The highest BCUT2D eigenvalue weighted by atomic mass is 16.5. The number of rotatable bonds is 6. The fraction of sp³-hybridized carbons (Fsp3) is 0.588. The van der Waals surface area contributed by atoms with Crippen LogP contribution in [0, 0.1) is 6.92 Å². The number of nitrogens with zero attached hydrogens (tertiary/aromatic N) is 2. The van der Waals surface area contributed by atoms with Gasteiger partial charge in [-0.05, 0) is 24.5 Å². The van der Waals surface area contributed by atoms with E-state index in [0.717, 1.165) is 45.8 Å². The van der Waals surface area contributed by atoms with E-state index in [0.29, 0.717) is 6.42 Å². The zero-order valence-electron chi connectivity index (χ0n) is 13.2. The Morgan fingerprint density at radius 3 is 2.71 bits per heavy atom. The second-order valence-electron chi connectivity index (χ2n) is 5.70. The van der Waals surface area contributed by atoms with E-state index in [9.17, 15) is 4.79 Å². The molecule has 0 aliphatic carbocycles. The number of hydrogen-bond acceptors (Lipinski definition) is 3. The van der Waals surface area contributed by atoms with Crippen molar-refractivity contribution in [2.24, 2.45) is 0 Å². The minimum absolute atomic E-state index is 0.228. The molecule has 1 heterocycles. The van der Waals surface area contributed by atoms with Crippen molar-refractivity contribution in [1.29, 1.82) is 0 Å². The molecule has 0 saturated carbocycles. The van der Waals surface area contributed by atoms with E-state index in [1.165, 1.54) is 11.1 Å². The topological polar surface area (TPSA) is 32.8 Å². The van der Waals surface area contributed by atoms with E-state index in [4.69, 9.17) is 4.74 Å². The molecular formula is C17H26N2O2. The van der Waals surface area contributed by atoms with Crippen LogP contribution in [-0.2, 0) is 16.0 Å². The minimum atomic E-state index is 0.228. The highest BCUT2D eigenvalue weighted by Crippen LogP contribution is 2.10. The first-order valence-electron chi connectivity index (χ1n) is 7.75. The predicted octanol–water partition coefficient (Wildman–Crippen LogP) is 1.72. The van der Waals surface area contributed by atoms with Gasteiger partial charge in [-0.1, -0.05) is 24.3 Å². The molecule has 0 unspecified atom stereocenters. The van der Waals surface area contributed by atoms with Crippen molar-refractivity contribution < 1.29 is 9.53 Å². The third-order valence-electron chi connectivity index (χ3n) is 4.15. The van der Waals surface area contributed by atoms with Gasteiger partial charge in [-0.15, -0.1) is 0 Å². The quantitative estimate of drug-likeness (QED) is 0.800. The maximum atomic E-state index is 12.2. The molecule has 1 fully saturated rings. The van der Waals surface area contributed by atoms with Crippen molar-refractivity contribution in [3.8, 4) is 0 Å². The van der Waals surface area contributed by atoms with Crippen LogP contribution >= 0.6 is 0 Å². The summed E-state index contributed by atoms with van der Waals surface area (Å²) in [5.74, 6) is 0.228. The Balaban J connectivity index is 1.71. The number of aryl methyl sites for hydroxylation is 2. The molecule has 1 aliphatic rings. The van der Waals surface area contributed by atoms with E-state index in [2.05, 4.69) is 24.0 Å². The first kappa shape index (κ1) is 16.0. The summed E-state index contributed by atoms with van der Waals surface area (Å²) in [4.78, 5) is 16.4. The normalized spacial score (nSPS) is 15.9. The summed E-state index contributed by atoms with van der Waals surface area (Å²) in [7, 11) is 1.90. The van der Waals surface area contributed by atoms with Crippen LogP contribution in [0.4, 0.5) is 0 Å². The molecule has 4 heteroatoms. The summed E-state index contributed by atoms with van der Waals surface area (Å²) in [6, 6.07) is 8.28. The van der Waals surface area contributed by atoms with E-state index in [1.807, 2.05) is 24.1 Å². The Morgan fingerprint density at radius 1 is 1.29 bits per heavy atom. The van der Waals surface area contributed by atoms with Gasteiger partial charge in [0.25, 0.3) is 0 Å². The smallest absolute Gasteiger partial charge is 0.222 e. The van der Waals surface area contributed by atoms with E-state index < -0.39 is 0 Å². The predicted molar refractivity (Wildman–Crippen MR) is 84.4 cm³/mol. The number of amides is 1. The third kappa shape index (κ3) is 5.14. The summed E-state index contributed by atoms with van der Waals surface area (Å²) in [6.45, 7) is 7.41. The molecule has 0 bridgehead atoms. The molecule has 4 nitrogen and oxygen atoms in total. The summed E-state index contributed by atoms with van der Waals surface area (Å²) in [6.07, 6.45) is 1.41. The lowest BCUT2D eigenvalue weighted by Gasteiger charge is -2.28. The summed E-state index contributed by atoms with van der Waals surface area (Å²) >= 11 is 0. The molecule has 21 heavy (non-hydrogen) atoms. The van der Waals surface area contributed by atoms with Gasteiger partial charge in [-0.25, -0.2) is 0 Å². The second kappa shape index (κ2) is 8.15. The van der Waals surface area contributed by atoms with Crippen LogP contribution in [0.1, 0.15) is 17.5 Å². The zero-order valence-corrected chi connectivity index (χ0v) is 13.2. The van der Waals surface area contributed by atoms with Gasteiger partial charge in [0.15, 0.2) is 0 Å². The standard InChI is InChI=1S/C17H26N2O2/c1-15-5-3-4-6-16(15)7-8-17(20)18(2)9-10-19-11-13-21-14-12-19/h3-6H,7-14H2,1-2H3. The molecule has 116 valence electrons. The lowest BCUT2D eigenvalue weighted by molar-refractivity contribution is -0.130. The van der Waals surface area contributed by atoms with E-state index >= 15 is 0 Å².